The van der Waals surface area contributed by atoms with Crippen molar-refractivity contribution in [3.63, 3.8) is 0 Å². The van der Waals surface area contributed by atoms with E-state index in [9.17, 15) is 0 Å². The second kappa shape index (κ2) is 6.59. The van der Waals surface area contributed by atoms with Crippen LogP contribution in [0.15, 0.2) is 12.3 Å². The molecule has 24 heavy (non-hydrogen) atoms. The van der Waals surface area contributed by atoms with Crippen molar-refractivity contribution >= 4 is 0 Å². The van der Waals surface area contributed by atoms with E-state index in [4.69, 9.17) is 10.7 Å². The SMILES string of the molecule is Cn1nnc(-c2ccnc(CC3CCC(N)CC3)n2)c1CC1CC1. The average molecular weight is 326 g/mol. The number of rotatable bonds is 5. The molecule has 2 N–H and O–H groups in total. The maximum Gasteiger partial charge on any atom is 0.134 e. The Morgan fingerprint density at radius 2 is 1.79 bits per heavy atom. The maximum atomic E-state index is 6.01. The summed E-state index contributed by atoms with van der Waals surface area (Å²) >= 11 is 0. The molecule has 2 aromatic rings. The fraction of sp³-hybridized carbons (Fsp3) is 0.667. The first-order valence-electron chi connectivity index (χ1n) is 9.15. The molecule has 2 saturated carbocycles. The standard InChI is InChI=1S/C18H26N6/c1-24-16(10-12-2-3-12)18(22-23-24)15-8-9-20-17(21-15)11-13-4-6-14(19)7-5-13/h8-9,12-14H,2-7,10-11,19H2,1H3. The second-order valence-electron chi connectivity index (χ2n) is 7.50. The van der Waals surface area contributed by atoms with Gasteiger partial charge in [-0.15, -0.1) is 5.10 Å². The maximum absolute atomic E-state index is 6.01. The summed E-state index contributed by atoms with van der Waals surface area (Å²) in [5, 5.41) is 8.59. The van der Waals surface area contributed by atoms with E-state index in [0.717, 1.165) is 48.8 Å². The molecule has 0 unspecified atom stereocenters. The Labute approximate surface area is 142 Å². The highest BCUT2D eigenvalue weighted by molar-refractivity contribution is 5.56. The van der Waals surface area contributed by atoms with Crippen LogP contribution >= 0.6 is 0 Å². The largest absolute Gasteiger partial charge is 0.328 e. The topological polar surface area (TPSA) is 82.5 Å². The van der Waals surface area contributed by atoms with E-state index < -0.39 is 0 Å². The van der Waals surface area contributed by atoms with Gasteiger partial charge in [-0.25, -0.2) is 9.97 Å². The molecule has 0 aromatic carbocycles. The van der Waals surface area contributed by atoms with Gasteiger partial charge in [0.05, 0.1) is 11.4 Å². The number of aryl methyl sites for hydroxylation is 1. The zero-order chi connectivity index (χ0) is 16.5. The molecular formula is C18H26N6. The third-order valence-corrected chi connectivity index (χ3v) is 5.43. The minimum Gasteiger partial charge on any atom is -0.328 e. The third-order valence-electron chi connectivity index (χ3n) is 5.43. The van der Waals surface area contributed by atoms with E-state index in [2.05, 4.69) is 15.3 Å². The Balaban J connectivity index is 1.52. The van der Waals surface area contributed by atoms with Crippen molar-refractivity contribution in [2.45, 2.75) is 57.4 Å². The van der Waals surface area contributed by atoms with Crippen molar-refractivity contribution in [2.75, 3.05) is 0 Å². The van der Waals surface area contributed by atoms with Crippen molar-refractivity contribution in [2.24, 2.45) is 24.6 Å². The summed E-state index contributed by atoms with van der Waals surface area (Å²) in [5.41, 5.74) is 9.05. The molecule has 6 heteroatoms. The predicted molar refractivity (Wildman–Crippen MR) is 92.1 cm³/mol. The molecule has 0 radical (unpaired) electrons. The zero-order valence-corrected chi connectivity index (χ0v) is 14.4. The molecule has 0 atom stereocenters. The molecule has 2 aliphatic rings. The Morgan fingerprint density at radius 3 is 2.54 bits per heavy atom. The highest BCUT2D eigenvalue weighted by Gasteiger charge is 2.26. The van der Waals surface area contributed by atoms with Gasteiger partial charge in [-0.05, 0) is 62.8 Å². The third kappa shape index (κ3) is 3.48. The lowest BCUT2D eigenvalue weighted by molar-refractivity contribution is 0.321. The molecule has 0 spiro atoms. The molecule has 2 fully saturated rings. The summed E-state index contributed by atoms with van der Waals surface area (Å²) in [7, 11) is 1.97. The van der Waals surface area contributed by atoms with Crippen LogP contribution in [-0.2, 0) is 19.9 Å². The molecule has 2 aliphatic carbocycles. The Kier molecular flexibility index (Phi) is 4.31. The van der Waals surface area contributed by atoms with Crippen molar-refractivity contribution < 1.29 is 0 Å². The summed E-state index contributed by atoms with van der Waals surface area (Å²) in [6.07, 6.45) is 11.1. The number of nitrogens with two attached hydrogens (primary N) is 1. The highest BCUT2D eigenvalue weighted by atomic mass is 15.4. The summed E-state index contributed by atoms with van der Waals surface area (Å²) in [5.74, 6) is 2.39. The zero-order valence-electron chi connectivity index (χ0n) is 14.4. The lowest BCUT2D eigenvalue weighted by Crippen LogP contribution is -2.27. The van der Waals surface area contributed by atoms with Gasteiger partial charge < -0.3 is 5.73 Å². The fourth-order valence-corrected chi connectivity index (χ4v) is 3.68. The van der Waals surface area contributed by atoms with Gasteiger partial charge in [-0.1, -0.05) is 5.21 Å². The average Bonchev–Trinajstić information content (AvgIpc) is 3.33. The van der Waals surface area contributed by atoms with Gasteiger partial charge in [0.1, 0.15) is 11.5 Å². The fourth-order valence-electron chi connectivity index (χ4n) is 3.68. The van der Waals surface area contributed by atoms with Crippen LogP contribution < -0.4 is 5.73 Å². The van der Waals surface area contributed by atoms with E-state index in [0.29, 0.717) is 12.0 Å². The summed E-state index contributed by atoms with van der Waals surface area (Å²) in [4.78, 5) is 9.29. The molecule has 2 aromatic heterocycles. The van der Waals surface area contributed by atoms with Gasteiger partial charge in [0.2, 0.25) is 0 Å². The normalized spacial score (nSPS) is 24.2. The van der Waals surface area contributed by atoms with Crippen LogP contribution in [0.1, 0.15) is 50.0 Å². The van der Waals surface area contributed by atoms with Gasteiger partial charge in [0.15, 0.2) is 0 Å². The van der Waals surface area contributed by atoms with Crippen LogP contribution in [-0.4, -0.2) is 31.0 Å². The first-order valence-corrected chi connectivity index (χ1v) is 9.15. The smallest absolute Gasteiger partial charge is 0.134 e. The van der Waals surface area contributed by atoms with E-state index >= 15 is 0 Å². The Hall–Kier alpha value is -1.82. The van der Waals surface area contributed by atoms with Gasteiger partial charge in [-0.3, -0.25) is 4.68 Å². The molecule has 0 aliphatic heterocycles. The Bertz CT molecular complexity index is 697. The van der Waals surface area contributed by atoms with Crippen molar-refractivity contribution in [1.29, 1.82) is 0 Å². The monoisotopic (exact) mass is 326 g/mol. The first kappa shape index (κ1) is 15.7. The quantitative estimate of drug-likeness (QED) is 0.911. The van der Waals surface area contributed by atoms with Crippen LogP contribution in [0.5, 0.6) is 0 Å². The molecule has 0 saturated heterocycles. The summed E-state index contributed by atoms with van der Waals surface area (Å²) in [6, 6.07) is 2.35. The van der Waals surface area contributed by atoms with Crippen molar-refractivity contribution in [3.8, 4) is 11.4 Å². The summed E-state index contributed by atoms with van der Waals surface area (Å²) < 4.78 is 1.90. The Morgan fingerprint density at radius 1 is 1.08 bits per heavy atom. The highest BCUT2D eigenvalue weighted by Crippen LogP contribution is 2.34. The van der Waals surface area contributed by atoms with Gasteiger partial charge in [0, 0.05) is 25.7 Å². The first-order chi connectivity index (χ1) is 11.7. The van der Waals surface area contributed by atoms with E-state index in [-0.39, 0.29) is 0 Å². The van der Waals surface area contributed by atoms with Gasteiger partial charge >= 0.3 is 0 Å². The molecule has 128 valence electrons. The van der Waals surface area contributed by atoms with E-state index in [1.165, 1.54) is 31.4 Å². The number of aromatic nitrogens is 5. The second-order valence-corrected chi connectivity index (χ2v) is 7.50. The molecule has 0 amide bonds. The minimum absolute atomic E-state index is 0.387. The molecular weight excluding hydrogens is 300 g/mol. The van der Waals surface area contributed by atoms with E-state index in [1.807, 2.05) is 24.0 Å². The molecule has 6 nitrogen and oxygen atoms in total. The predicted octanol–water partition coefficient (Wildman–Crippen LogP) is 2.28. The molecule has 2 heterocycles. The lowest BCUT2D eigenvalue weighted by atomic mass is 9.84. The molecule has 4 rings (SSSR count). The number of hydrogen-bond acceptors (Lipinski definition) is 5. The van der Waals surface area contributed by atoms with Gasteiger partial charge in [0.25, 0.3) is 0 Å². The minimum atomic E-state index is 0.387. The van der Waals surface area contributed by atoms with E-state index in [1.54, 1.807) is 0 Å². The number of nitrogens with zero attached hydrogens (tertiary/aromatic N) is 5. The molecule has 0 bridgehead atoms. The van der Waals surface area contributed by atoms with Crippen LogP contribution in [0, 0.1) is 11.8 Å². The van der Waals surface area contributed by atoms with Gasteiger partial charge in [-0.2, -0.15) is 0 Å². The van der Waals surface area contributed by atoms with Crippen molar-refractivity contribution in [3.05, 3.63) is 23.8 Å². The summed E-state index contributed by atoms with van der Waals surface area (Å²) in [6.45, 7) is 0. The van der Waals surface area contributed by atoms with Crippen LogP contribution in [0.2, 0.25) is 0 Å². The lowest BCUT2D eigenvalue weighted by Gasteiger charge is -2.25. The number of hydrogen-bond donors (Lipinski definition) is 1. The van der Waals surface area contributed by atoms with Crippen LogP contribution in [0.3, 0.4) is 0 Å². The van der Waals surface area contributed by atoms with Crippen LogP contribution in [0.25, 0.3) is 11.4 Å². The van der Waals surface area contributed by atoms with Crippen LogP contribution in [0.4, 0.5) is 0 Å². The van der Waals surface area contributed by atoms with Crippen molar-refractivity contribution in [1.82, 2.24) is 25.0 Å².